The molecule has 0 aliphatic carbocycles. The molecule has 0 atom stereocenters. The van der Waals surface area contributed by atoms with Crippen molar-refractivity contribution >= 4 is 6.29 Å². The molecule has 1 heterocycles. The van der Waals surface area contributed by atoms with Crippen LogP contribution in [0.5, 0.6) is 5.75 Å². The molecule has 0 saturated heterocycles. The molecule has 0 unspecified atom stereocenters. The van der Waals surface area contributed by atoms with Crippen molar-refractivity contribution in [1.29, 1.82) is 0 Å². The first kappa shape index (κ1) is 13.3. The number of ether oxygens (including phenoxy) is 1. The van der Waals surface area contributed by atoms with E-state index in [0.29, 0.717) is 6.42 Å². The van der Waals surface area contributed by atoms with Gasteiger partial charge in [-0.15, -0.1) is 10.2 Å². The van der Waals surface area contributed by atoms with Crippen LogP contribution >= 0.6 is 0 Å². The number of carbonyl (C=O) groups is 1. The average molecular weight is 259 g/mol. The van der Waals surface area contributed by atoms with Crippen molar-refractivity contribution in [3.8, 4) is 17.1 Å². The summed E-state index contributed by atoms with van der Waals surface area (Å²) in [5.41, 5.74) is 0.918. The number of aldehydes is 1. The van der Waals surface area contributed by atoms with Gasteiger partial charge in [0.15, 0.2) is 5.82 Å². The van der Waals surface area contributed by atoms with Crippen molar-refractivity contribution in [2.24, 2.45) is 7.05 Å². The molecule has 19 heavy (non-hydrogen) atoms. The van der Waals surface area contributed by atoms with Crippen LogP contribution in [0.25, 0.3) is 11.4 Å². The maximum atomic E-state index is 10.3. The number of carbonyl (C=O) groups excluding carboxylic acids is 1. The Morgan fingerprint density at radius 1 is 1.32 bits per heavy atom. The molecule has 1 aromatic heterocycles. The van der Waals surface area contributed by atoms with Crippen LogP contribution in [0.4, 0.5) is 0 Å². The number of aromatic nitrogens is 3. The molecule has 0 spiro atoms. The maximum Gasteiger partial charge on any atom is 0.167 e. The Kier molecular flexibility index (Phi) is 4.28. The molecule has 0 bridgehead atoms. The summed E-state index contributed by atoms with van der Waals surface area (Å²) in [6, 6.07) is 7.72. The number of nitrogens with zero attached hydrogens (tertiary/aromatic N) is 3. The first-order valence-corrected chi connectivity index (χ1v) is 6.23. The minimum Gasteiger partial charge on any atom is -0.496 e. The van der Waals surface area contributed by atoms with E-state index in [1.165, 1.54) is 0 Å². The zero-order chi connectivity index (χ0) is 13.7. The van der Waals surface area contributed by atoms with Gasteiger partial charge in [-0.25, -0.2) is 0 Å². The molecule has 0 fully saturated rings. The molecular weight excluding hydrogens is 242 g/mol. The monoisotopic (exact) mass is 259 g/mol. The van der Waals surface area contributed by atoms with Gasteiger partial charge in [-0.2, -0.15) is 0 Å². The summed E-state index contributed by atoms with van der Waals surface area (Å²) in [6.07, 6.45) is 3.02. The quantitative estimate of drug-likeness (QED) is 0.588. The van der Waals surface area contributed by atoms with Gasteiger partial charge < -0.3 is 14.1 Å². The summed E-state index contributed by atoms with van der Waals surface area (Å²) in [6.45, 7) is 0. The molecule has 0 N–H and O–H groups in total. The number of rotatable bonds is 6. The molecule has 0 aliphatic heterocycles. The number of benzene rings is 1. The van der Waals surface area contributed by atoms with Crippen LogP contribution in [0.3, 0.4) is 0 Å². The lowest BCUT2D eigenvalue weighted by Gasteiger charge is -2.08. The predicted molar refractivity (Wildman–Crippen MR) is 72.0 cm³/mol. The van der Waals surface area contributed by atoms with E-state index < -0.39 is 0 Å². The lowest BCUT2D eigenvalue weighted by Crippen LogP contribution is -2.01. The highest BCUT2D eigenvalue weighted by Gasteiger charge is 2.13. The molecule has 2 aromatic rings. The number of hydrogen-bond donors (Lipinski definition) is 0. The minimum atomic E-state index is 0.552. The van der Waals surface area contributed by atoms with Crippen LogP contribution in [-0.4, -0.2) is 28.2 Å². The number of methoxy groups -OCH3 is 1. The third-order valence-corrected chi connectivity index (χ3v) is 3.04. The van der Waals surface area contributed by atoms with Gasteiger partial charge >= 0.3 is 0 Å². The van der Waals surface area contributed by atoms with E-state index in [1.54, 1.807) is 7.11 Å². The first-order valence-electron chi connectivity index (χ1n) is 6.23. The van der Waals surface area contributed by atoms with E-state index in [1.807, 2.05) is 35.9 Å². The molecule has 2 rings (SSSR count). The standard InChI is InChI=1S/C14H17N3O2/c1-17-13(9-5-6-10-18)15-16-14(17)11-7-3-4-8-12(11)19-2/h3-4,7-8,10H,5-6,9H2,1-2H3. The summed E-state index contributed by atoms with van der Waals surface area (Å²) in [5, 5.41) is 8.40. The fraction of sp³-hybridized carbons (Fsp3) is 0.357. The van der Waals surface area contributed by atoms with Crippen molar-refractivity contribution in [3.63, 3.8) is 0 Å². The van der Waals surface area contributed by atoms with Gasteiger partial charge in [-0.05, 0) is 18.6 Å². The van der Waals surface area contributed by atoms with Crippen LogP contribution < -0.4 is 4.74 Å². The van der Waals surface area contributed by atoms with Crippen molar-refractivity contribution in [2.75, 3.05) is 7.11 Å². The van der Waals surface area contributed by atoms with E-state index >= 15 is 0 Å². The van der Waals surface area contributed by atoms with Gasteiger partial charge in [0.1, 0.15) is 17.9 Å². The molecule has 0 radical (unpaired) electrons. The van der Waals surface area contributed by atoms with E-state index in [-0.39, 0.29) is 0 Å². The average Bonchev–Trinajstić information content (AvgIpc) is 2.80. The Hall–Kier alpha value is -2.17. The molecule has 5 nitrogen and oxygen atoms in total. The molecule has 5 heteroatoms. The second-order valence-corrected chi connectivity index (χ2v) is 4.26. The van der Waals surface area contributed by atoms with Crippen LogP contribution in [0.2, 0.25) is 0 Å². The van der Waals surface area contributed by atoms with Gasteiger partial charge in [0.2, 0.25) is 0 Å². The zero-order valence-electron chi connectivity index (χ0n) is 11.2. The fourth-order valence-corrected chi connectivity index (χ4v) is 1.99. The summed E-state index contributed by atoms with van der Waals surface area (Å²) >= 11 is 0. The lowest BCUT2D eigenvalue weighted by atomic mass is 10.2. The van der Waals surface area contributed by atoms with E-state index in [2.05, 4.69) is 10.2 Å². The molecule has 1 aromatic carbocycles. The summed E-state index contributed by atoms with van der Waals surface area (Å²) in [7, 11) is 3.57. The van der Waals surface area contributed by atoms with Crippen molar-refractivity contribution in [2.45, 2.75) is 19.3 Å². The van der Waals surface area contributed by atoms with Crippen LogP contribution in [0, 0.1) is 0 Å². The minimum absolute atomic E-state index is 0.552. The molecule has 100 valence electrons. The first-order chi connectivity index (χ1) is 9.27. The zero-order valence-corrected chi connectivity index (χ0v) is 11.2. The van der Waals surface area contributed by atoms with Crippen molar-refractivity contribution < 1.29 is 9.53 Å². The van der Waals surface area contributed by atoms with Gasteiger partial charge in [0, 0.05) is 19.9 Å². The molecule has 0 saturated carbocycles. The fourth-order valence-electron chi connectivity index (χ4n) is 1.99. The highest BCUT2D eigenvalue weighted by atomic mass is 16.5. The highest BCUT2D eigenvalue weighted by molar-refractivity contribution is 5.64. The van der Waals surface area contributed by atoms with Gasteiger partial charge in [0.05, 0.1) is 12.7 Å². The molecule has 0 amide bonds. The van der Waals surface area contributed by atoms with Gasteiger partial charge in [0.25, 0.3) is 0 Å². The van der Waals surface area contributed by atoms with Gasteiger partial charge in [-0.1, -0.05) is 12.1 Å². The number of unbranched alkanes of at least 4 members (excludes halogenated alkanes) is 1. The van der Waals surface area contributed by atoms with E-state index in [9.17, 15) is 4.79 Å². The lowest BCUT2D eigenvalue weighted by molar-refractivity contribution is -0.107. The molecule has 0 aliphatic rings. The highest BCUT2D eigenvalue weighted by Crippen LogP contribution is 2.28. The predicted octanol–water partition coefficient (Wildman–Crippen LogP) is 2.01. The number of aryl methyl sites for hydroxylation is 1. The SMILES string of the molecule is COc1ccccc1-c1nnc(CCCC=O)n1C. The normalized spacial score (nSPS) is 10.4. The second-order valence-electron chi connectivity index (χ2n) is 4.26. The van der Waals surface area contributed by atoms with Crippen LogP contribution in [0.1, 0.15) is 18.7 Å². The Labute approximate surface area is 112 Å². The topological polar surface area (TPSA) is 57.0 Å². The smallest absolute Gasteiger partial charge is 0.167 e. The third kappa shape index (κ3) is 2.81. The number of para-hydroxylation sites is 1. The Morgan fingerprint density at radius 2 is 2.11 bits per heavy atom. The Morgan fingerprint density at radius 3 is 2.84 bits per heavy atom. The van der Waals surface area contributed by atoms with E-state index in [0.717, 1.165) is 42.1 Å². The van der Waals surface area contributed by atoms with Crippen molar-refractivity contribution in [3.05, 3.63) is 30.1 Å². The number of hydrogen-bond acceptors (Lipinski definition) is 4. The second kappa shape index (κ2) is 6.13. The van der Waals surface area contributed by atoms with Crippen LogP contribution in [0.15, 0.2) is 24.3 Å². The van der Waals surface area contributed by atoms with Crippen molar-refractivity contribution in [1.82, 2.24) is 14.8 Å². The Balaban J connectivity index is 2.28. The largest absolute Gasteiger partial charge is 0.496 e. The molecular formula is C14H17N3O2. The summed E-state index contributed by atoms with van der Waals surface area (Å²) in [4.78, 5) is 10.3. The summed E-state index contributed by atoms with van der Waals surface area (Å²) in [5.74, 6) is 2.43. The van der Waals surface area contributed by atoms with Gasteiger partial charge in [-0.3, -0.25) is 0 Å². The summed E-state index contributed by atoms with van der Waals surface area (Å²) < 4.78 is 7.28. The third-order valence-electron chi connectivity index (χ3n) is 3.04. The van der Waals surface area contributed by atoms with E-state index in [4.69, 9.17) is 4.74 Å². The van der Waals surface area contributed by atoms with Crippen LogP contribution in [-0.2, 0) is 18.3 Å². The maximum absolute atomic E-state index is 10.3. The Bertz CT molecular complexity index is 564.